The van der Waals surface area contributed by atoms with Crippen molar-refractivity contribution in [1.29, 1.82) is 0 Å². The Morgan fingerprint density at radius 2 is 1.79 bits per heavy atom. The first-order valence-corrected chi connectivity index (χ1v) is 9.33. The summed E-state index contributed by atoms with van der Waals surface area (Å²) in [6, 6.07) is 6.71. The number of ether oxygens (including phenoxy) is 1. The van der Waals surface area contributed by atoms with E-state index in [0.29, 0.717) is 6.42 Å². The van der Waals surface area contributed by atoms with E-state index in [1.54, 1.807) is 24.3 Å². The van der Waals surface area contributed by atoms with Gasteiger partial charge in [-0.2, -0.15) is 4.31 Å². The molecule has 0 N–H and O–H groups in total. The number of hydrogen-bond donors (Lipinski definition) is 0. The average molecular weight is 347 g/mol. The van der Waals surface area contributed by atoms with Gasteiger partial charge in [-0.25, -0.2) is 8.42 Å². The van der Waals surface area contributed by atoms with Gasteiger partial charge in [0.25, 0.3) is 0 Å². The fourth-order valence-electron chi connectivity index (χ4n) is 3.84. The molecule has 0 aromatic heterocycles. The van der Waals surface area contributed by atoms with Crippen LogP contribution in [0.3, 0.4) is 0 Å². The highest BCUT2D eigenvalue weighted by atomic mass is 32.2. The Morgan fingerprint density at radius 1 is 1.08 bits per heavy atom. The molecule has 4 rings (SSSR count). The molecule has 3 atom stereocenters. The van der Waals surface area contributed by atoms with E-state index in [-0.39, 0.29) is 23.9 Å². The molecule has 2 aliphatic heterocycles. The molecule has 1 aliphatic carbocycles. The number of esters is 2. The topological polar surface area (TPSA) is 80.8 Å². The van der Waals surface area contributed by atoms with Crippen LogP contribution in [0.4, 0.5) is 0 Å². The highest BCUT2D eigenvalue weighted by molar-refractivity contribution is 7.89. The summed E-state index contributed by atoms with van der Waals surface area (Å²) in [4.78, 5) is 24.0. The number of rotatable bonds is 2. The predicted molar refractivity (Wildman–Crippen MR) is 84.2 cm³/mol. The molecule has 7 heteroatoms. The van der Waals surface area contributed by atoms with Crippen molar-refractivity contribution < 1.29 is 22.7 Å². The molecular weight excluding hydrogens is 330 g/mol. The van der Waals surface area contributed by atoms with E-state index in [1.807, 2.05) is 13.0 Å². The Morgan fingerprint density at radius 3 is 2.50 bits per heavy atom. The molecule has 1 aromatic rings. The zero-order valence-electron chi connectivity index (χ0n) is 13.1. The maximum absolute atomic E-state index is 12.8. The molecule has 0 amide bonds. The molecule has 0 saturated carbocycles. The minimum absolute atomic E-state index is 0.214. The van der Waals surface area contributed by atoms with E-state index in [4.69, 9.17) is 4.74 Å². The molecule has 1 aromatic carbocycles. The van der Waals surface area contributed by atoms with Crippen molar-refractivity contribution in [2.75, 3.05) is 13.1 Å². The maximum atomic E-state index is 12.8. The number of allylic oxidation sites excluding steroid dienone is 1. The van der Waals surface area contributed by atoms with Gasteiger partial charge in [0.15, 0.2) is 0 Å². The number of fused-ring (bicyclic) bond motifs is 3. The van der Waals surface area contributed by atoms with E-state index in [9.17, 15) is 18.0 Å². The largest absolute Gasteiger partial charge is 0.393 e. The first kappa shape index (κ1) is 15.5. The molecule has 6 nitrogen and oxygen atoms in total. The van der Waals surface area contributed by atoms with Crippen molar-refractivity contribution in [3.05, 3.63) is 41.5 Å². The Bertz CT molecular complexity index is 855. The van der Waals surface area contributed by atoms with Crippen molar-refractivity contribution in [3.8, 4) is 0 Å². The fraction of sp³-hybridized carbons (Fsp3) is 0.412. The van der Waals surface area contributed by atoms with Crippen LogP contribution in [-0.2, 0) is 24.3 Å². The van der Waals surface area contributed by atoms with Gasteiger partial charge < -0.3 is 4.74 Å². The van der Waals surface area contributed by atoms with Crippen LogP contribution in [0.25, 0.3) is 0 Å². The van der Waals surface area contributed by atoms with Crippen LogP contribution in [0.5, 0.6) is 0 Å². The van der Waals surface area contributed by atoms with E-state index in [0.717, 1.165) is 11.1 Å². The lowest BCUT2D eigenvalue weighted by atomic mass is 9.74. The third kappa shape index (κ3) is 2.22. The fourth-order valence-corrected chi connectivity index (χ4v) is 5.30. The van der Waals surface area contributed by atoms with Gasteiger partial charge in [-0.3, -0.25) is 9.59 Å². The van der Waals surface area contributed by atoms with Crippen LogP contribution in [0.1, 0.15) is 12.0 Å². The van der Waals surface area contributed by atoms with Gasteiger partial charge in [-0.1, -0.05) is 29.3 Å². The molecular formula is C17H17NO5S. The first-order valence-electron chi connectivity index (χ1n) is 7.89. The highest BCUT2D eigenvalue weighted by Crippen LogP contribution is 2.44. The predicted octanol–water partition coefficient (Wildman–Crippen LogP) is 1.26. The Labute approximate surface area is 140 Å². The number of carbonyl (C=O) groups is 2. The van der Waals surface area contributed by atoms with Gasteiger partial charge >= 0.3 is 11.9 Å². The quantitative estimate of drug-likeness (QED) is 0.457. The van der Waals surface area contributed by atoms with Crippen LogP contribution < -0.4 is 0 Å². The van der Waals surface area contributed by atoms with Crippen molar-refractivity contribution in [3.63, 3.8) is 0 Å². The zero-order chi connectivity index (χ0) is 17.1. The van der Waals surface area contributed by atoms with Gasteiger partial charge in [0.05, 0.1) is 16.7 Å². The second-order valence-electron chi connectivity index (χ2n) is 6.60. The van der Waals surface area contributed by atoms with Gasteiger partial charge in [0, 0.05) is 19.0 Å². The molecule has 2 saturated heterocycles. The van der Waals surface area contributed by atoms with Crippen LogP contribution in [0, 0.1) is 24.7 Å². The van der Waals surface area contributed by atoms with Crippen LogP contribution in [-0.4, -0.2) is 37.8 Å². The lowest BCUT2D eigenvalue weighted by Crippen LogP contribution is -2.33. The molecule has 126 valence electrons. The third-order valence-corrected chi connectivity index (χ3v) is 7.00. The van der Waals surface area contributed by atoms with Crippen molar-refractivity contribution in [2.24, 2.45) is 17.8 Å². The van der Waals surface area contributed by atoms with Gasteiger partial charge in [-0.05, 0) is 25.5 Å². The molecule has 2 heterocycles. The summed E-state index contributed by atoms with van der Waals surface area (Å²) in [5.41, 5.74) is 1.90. The minimum Gasteiger partial charge on any atom is -0.393 e. The summed E-state index contributed by atoms with van der Waals surface area (Å²) < 4.78 is 31.8. The van der Waals surface area contributed by atoms with Gasteiger partial charge in [-0.15, -0.1) is 0 Å². The van der Waals surface area contributed by atoms with E-state index >= 15 is 0 Å². The lowest BCUT2D eigenvalue weighted by molar-refractivity contribution is -0.154. The summed E-state index contributed by atoms with van der Waals surface area (Å²) in [5, 5.41) is 0. The maximum Gasteiger partial charge on any atom is 0.318 e. The number of hydrogen-bond acceptors (Lipinski definition) is 5. The van der Waals surface area contributed by atoms with E-state index < -0.39 is 33.8 Å². The normalized spacial score (nSPS) is 29.9. The number of nitrogens with zero attached hydrogens (tertiary/aromatic N) is 1. The van der Waals surface area contributed by atoms with Gasteiger partial charge in [0.2, 0.25) is 10.0 Å². The molecule has 24 heavy (non-hydrogen) atoms. The molecule has 0 bridgehead atoms. The standard InChI is InChI=1S/C17H17NO5S/c1-10-2-5-12(6-3-10)24(21,22)18-8-11-4-7-13-15(14(11)9-18)17(20)23-16(13)19/h2-6,13-15H,7-9H2,1H3/t13-,14+,15-/m0/s1. The highest BCUT2D eigenvalue weighted by Gasteiger charge is 2.54. The van der Waals surface area contributed by atoms with Crippen LogP contribution in [0.2, 0.25) is 0 Å². The van der Waals surface area contributed by atoms with Crippen LogP contribution >= 0.6 is 0 Å². The molecule has 0 unspecified atom stereocenters. The van der Waals surface area contributed by atoms with E-state index in [2.05, 4.69) is 0 Å². The van der Waals surface area contributed by atoms with Crippen molar-refractivity contribution in [1.82, 2.24) is 4.31 Å². The second kappa shape index (κ2) is 5.26. The number of cyclic esters (lactones) is 2. The second-order valence-corrected chi connectivity index (χ2v) is 8.54. The SMILES string of the molecule is Cc1ccc(S(=O)(=O)N2CC3=CC[C@@H]4C(=O)OC(=O)[C@@H]4[C@@H]3C2)cc1. The van der Waals surface area contributed by atoms with E-state index in [1.165, 1.54) is 4.31 Å². The lowest BCUT2D eigenvalue weighted by Gasteiger charge is -2.24. The Kier molecular flexibility index (Phi) is 3.40. The Balaban J connectivity index is 1.64. The number of carbonyl (C=O) groups excluding carboxylic acids is 2. The van der Waals surface area contributed by atoms with Gasteiger partial charge in [0.1, 0.15) is 0 Å². The van der Waals surface area contributed by atoms with Crippen molar-refractivity contribution in [2.45, 2.75) is 18.2 Å². The zero-order valence-corrected chi connectivity index (χ0v) is 14.0. The number of benzene rings is 1. The Hall–Kier alpha value is -1.99. The molecule has 3 aliphatic rings. The smallest absolute Gasteiger partial charge is 0.318 e. The summed E-state index contributed by atoms with van der Waals surface area (Å²) in [6.45, 7) is 2.38. The monoisotopic (exact) mass is 347 g/mol. The minimum atomic E-state index is -3.62. The third-order valence-electron chi connectivity index (χ3n) is 5.17. The number of sulfonamides is 1. The molecule has 0 radical (unpaired) electrons. The summed E-state index contributed by atoms with van der Waals surface area (Å²) in [6.07, 6.45) is 2.34. The van der Waals surface area contributed by atoms with Crippen molar-refractivity contribution >= 4 is 22.0 Å². The first-order chi connectivity index (χ1) is 11.4. The van der Waals surface area contributed by atoms with Crippen LogP contribution in [0.15, 0.2) is 40.8 Å². The number of aryl methyl sites for hydroxylation is 1. The average Bonchev–Trinajstić information content (AvgIpc) is 3.09. The summed E-state index contributed by atoms with van der Waals surface area (Å²) >= 11 is 0. The summed E-state index contributed by atoms with van der Waals surface area (Å²) in [7, 11) is -3.62. The summed E-state index contributed by atoms with van der Waals surface area (Å²) in [5.74, 6) is -2.28. The molecule has 2 fully saturated rings. The molecule has 0 spiro atoms.